The molecule has 2 N–H and O–H groups in total. The van der Waals surface area contributed by atoms with E-state index in [1.54, 1.807) is 0 Å². The predicted molar refractivity (Wildman–Crippen MR) is 64.7 cm³/mol. The van der Waals surface area contributed by atoms with Crippen LogP contribution in [0.5, 0.6) is 0 Å². The largest absolute Gasteiger partial charge is 0.480 e. The van der Waals surface area contributed by atoms with Crippen molar-refractivity contribution in [2.45, 2.75) is 52.0 Å². The van der Waals surface area contributed by atoms with Gasteiger partial charge in [0.15, 0.2) is 0 Å². The first-order valence-corrected chi connectivity index (χ1v) is 6.26. The zero-order valence-electron chi connectivity index (χ0n) is 10.5. The smallest absolute Gasteiger partial charge is 0.320 e. The molecule has 0 bridgehead atoms. The standard InChI is InChI=1S/C12H25NO3/c1-3-5-9-16-10-6-8-13-11(7-4-2)12(14)15/h11,13H,3-10H2,1-2H3,(H,14,15). The van der Waals surface area contributed by atoms with Crippen LogP contribution in [0, 0.1) is 0 Å². The molecule has 1 atom stereocenters. The number of carbonyl (C=O) groups is 1. The van der Waals surface area contributed by atoms with Crippen molar-refractivity contribution in [3.05, 3.63) is 0 Å². The average molecular weight is 231 g/mol. The number of carboxylic acids is 1. The van der Waals surface area contributed by atoms with Crippen molar-refractivity contribution in [2.24, 2.45) is 0 Å². The van der Waals surface area contributed by atoms with Crippen LogP contribution in [0.3, 0.4) is 0 Å². The van der Waals surface area contributed by atoms with E-state index in [1.165, 1.54) is 0 Å². The molecule has 96 valence electrons. The zero-order chi connectivity index (χ0) is 12.2. The van der Waals surface area contributed by atoms with Gasteiger partial charge in [0.2, 0.25) is 0 Å². The van der Waals surface area contributed by atoms with E-state index in [0.717, 1.165) is 32.3 Å². The highest BCUT2D eigenvalue weighted by Crippen LogP contribution is 1.97. The topological polar surface area (TPSA) is 58.6 Å². The van der Waals surface area contributed by atoms with Gasteiger partial charge in [-0.25, -0.2) is 0 Å². The van der Waals surface area contributed by atoms with Gasteiger partial charge in [0.25, 0.3) is 0 Å². The van der Waals surface area contributed by atoms with Gasteiger partial charge in [0.05, 0.1) is 0 Å². The summed E-state index contributed by atoms with van der Waals surface area (Å²) < 4.78 is 5.39. The lowest BCUT2D eigenvalue weighted by atomic mass is 10.1. The van der Waals surface area contributed by atoms with Crippen LogP contribution < -0.4 is 5.32 Å². The highest BCUT2D eigenvalue weighted by molar-refractivity contribution is 5.73. The van der Waals surface area contributed by atoms with Crippen LogP contribution in [-0.2, 0) is 9.53 Å². The fourth-order valence-electron chi connectivity index (χ4n) is 1.40. The van der Waals surface area contributed by atoms with Gasteiger partial charge in [-0.15, -0.1) is 0 Å². The molecule has 0 rings (SSSR count). The van der Waals surface area contributed by atoms with Gasteiger partial charge in [-0.05, 0) is 25.8 Å². The number of carboxylic acid groups (broad SMARTS) is 1. The first-order chi connectivity index (χ1) is 7.72. The molecule has 0 aliphatic heterocycles. The van der Waals surface area contributed by atoms with E-state index in [4.69, 9.17) is 9.84 Å². The average Bonchev–Trinajstić information content (AvgIpc) is 2.26. The fourth-order valence-corrected chi connectivity index (χ4v) is 1.40. The zero-order valence-corrected chi connectivity index (χ0v) is 10.5. The Hall–Kier alpha value is -0.610. The normalized spacial score (nSPS) is 12.6. The van der Waals surface area contributed by atoms with E-state index < -0.39 is 12.0 Å². The number of hydrogen-bond acceptors (Lipinski definition) is 3. The van der Waals surface area contributed by atoms with E-state index in [0.29, 0.717) is 19.6 Å². The number of unbranched alkanes of at least 4 members (excludes halogenated alkanes) is 1. The van der Waals surface area contributed by atoms with Crippen LogP contribution in [0.4, 0.5) is 0 Å². The van der Waals surface area contributed by atoms with Crippen molar-refractivity contribution in [2.75, 3.05) is 19.8 Å². The lowest BCUT2D eigenvalue weighted by Gasteiger charge is -2.13. The molecule has 0 saturated carbocycles. The summed E-state index contributed by atoms with van der Waals surface area (Å²) in [4.78, 5) is 10.8. The number of nitrogens with one attached hydrogen (secondary N) is 1. The molecule has 0 heterocycles. The van der Waals surface area contributed by atoms with Gasteiger partial charge in [0.1, 0.15) is 6.04 Å². The minimum Gasteiger partial charge on any atom is -0.480 e. The van der Waals surface area contributed by atoms with E-state index in [2.05, 4.69) is 12.2 Å². The Morgan fingerprint density at radius 2 is 1.94 bits per heavy atom. The van der Waals surface area contributed by atoms with Gasteiger partial charge in [0, 0.05) is 13.2 Å². The third-order valence-electron chi connectivity index (χ3n) is 2.37. The quantitative estimate of drug-likeness (QED) is 0.534. The van der Waals surface area contributed by atoms with Crippen LogP contribution in [-0.4, -0.2) is 36.9 Å². The van der Waals surface area contributed by atoms with Crippen LogP contribution in [0.2, 0.25) is 0 Å². The third-order valence-corrected chi connectivity index (χ3v) is 2.37. The first-order valence-electron chi connectivity index (χ1n) is 6.26. The Morgan fingerprint density at radius 1 is 1.25 bits per heavy atom. The SMILES string of the molecule is CCCCOCCCNC(CCC)C(=O)O. The summed E-state index contributed by atoms with van der Waals surface area (Å²) in [6, 6.07) is -0.402. The van der Waals surface area contributed by atoms with E-state index in [9.17, 15) is 4.79 Å². The maximum Gasteiger partial charge on any atom is 0.320 e. The molecule has 0 aromatic carbocycles. The Kier molecular flexibility index (Phi) is 10.5. The molecule has 0 aromatic heterocycles. The van der Waals surface area contributed by atoms with Gasteiger partial charge in [-0.3, -0.25) is 4.79 Å². The Labute approximate surface area is 98.4 Å². The summed E-state index contributed by atoms with van der Waals surface area (Å²) >= 11 is 0. The monoisotopic (exact) mass is 231 g/mol. The number of rotatable bonds is 11. The summed E-state index contributed by atoms with van der Waals surface area (Å²) in [5.41, 5.74) is 0. The van der Waals surface area contributed by atoms with Crippen molar-refractivity contribution in [3.8, 4) is 0 Å². The first kappa shape index (κ1) is 15.4. The third kappa shape index (κ3) is 8.68. The molecule has 0 radical (unpaired) electrons. The van der Waals surface area contributed by atoms with Crippen molar-refractivity contribution in [1.29, 1.82) is 0 Å². The summed E-state index contributed by atoms with van der Waals surface area (Å²) in [5, 5.41) is 11.9. The van der Waals surface area contributed by atoms with Crippen molar-refractivity contribution in [1.82, 2.24) is 5.32 Å². The molecule has 4 heteroatoms. The Morgan fingerprint density at radius 3 is 2.50 bits per heavy atom. The minimum absolute atomic E-state index is 0.402. The molecule has 0 aliphatic carbocycles. The molecule has 16 heavy (non-hydrogen) atoms. The van der Waals surface area contributed by atoms with Crippen LogP contribution in [0.1, 0.15) is 46.0 Å². The Bertz CT molecular complexity index is 174. The second kappa shape index (κ2) is 10.9. The maximum atomic E-state index is 10.8. The lowest BCUT2D eigenvalue weighted by Crippen LogP contribution is -2.37. The molecular weight excluding hydrogens is 206 g/mol. The van der Waals surface area contributed by atoms with Gasteiger partial charge in [-0.2, -0.15) is 0 Å². The highest BCUT2D eigenvalue weighted by Gasteiger charge is 2.14. The fraction of sp³-hybridized carbons (Fsp3) is 0.917. The van der Waals surface area contributed by atoms with Crippen LogP contribution in [0.25, 0.3) is 0 Å². The molecule has 0 saturated heterocycles. The summed E-state index contributed by atoms with van der Waals surface area (Å²) in [7, 11) is 0. The highest BCUT2D eigenvalue weighted by atomic mass is 16.5. The van der Waals surface area contributed by atoms with E-state index in [-0.39, 0.29) is 0 Å². The molecule has 1 unspecified atom stereocenters. The lowest BCUT2D eigenvalue weighted by molar-refractivity contribution is -0.139. The van der Waals surface area contributed by atoms with Crippen molar-refractivity contribution < 1.29 is 14.6 Å². The summed E-state index contributed by atoms with van der Waals surface area (Å²) in [6.45, 7) is 6.36. The van der Waals surface area contributed by atoms with E-state index >= 15 is 0 Å². The predicted octanol–water partition coefficient (Wildman–Crippen LogP) is 2.04. The van der Waals surface area contributed by atoms with Crippen molar-refractivity contribution in [3.63, 3.8) is 0 Å². The molecular formula is C12H25NO3. The van der Waals surface area contributed by atoms with Gasteiger partial charge in [-0.1, -0.05) is 26.7 Å². The van der Waals surface area contributed by atoms with Gasteiger partial charge >= 0.3 is 5.97 Å². The number of ether oxygens (including phenoxy) is 1. The minimum atomic E-state index is -0.756. The molecule has 0 aromatic rings. The number of hydrogen-bond donors (Lipinski definition) is 2. The Balaban J connectivity index is 3.37. The van der Waals surface area contributed by atoms with Crippen molar-refractivity contribution >= 4 is 5.97 Å². The molecule has 0 aliphatic rings. The summed E-state index contributed by atoms with van der Waals surface area (Å²) in [6.07, 6.45) is 4.69. The molecule has 0 fully saturated rings. The maximum absolute atomic E-state index is 10.8. The van der Waals surface area contributed by atoms with E-state index in [1.807, 2.05) is 6.92 Å². The second-order valence-electron chi connectivity index (χ2n) is 3.95. The second-order valence-corrected chi connectivity index (χ2v) is 3.95. The number of aliphatic carboxylic acids is 1. The molecule has 4 nitrogen and oxygen atoms in total. The summed E-state index contributed by atoms with van der Waals surface area (Å²) in [5.74, 6) is -0.756. The van der Waals surface area contributed by atoms with Crippen LogP contribution >= 0.6 is 0 Å². The molecule has 0 amide bonds. The molecule has 0 spiro atoms. The van der Waals surface area contributed by atoms with Gasteiger partial charge < -0.3 is 15.2 Å². The van der Waals surface area contributed by atoms with Crippen LogP contribution in [0.15, 0.2) is 0 Å².